The second-order valence-corrected chi connectivity index (χ2v) is 4.69. The third-order valence-electron chi connectivity index (χ3n) is 3.28. The highest BCUT2D eigenvalue weighted by atomic mass is 15.1. The summed E-state index contributed by atoms with van der Waals surface area (Å²) >= 11 is 0. The van der Waals surface area contributed by atoms with E-state index in [1.54, 1.807) is 0 Å². The van der Waals surface area contributed by atoms with Crippen LogP contribution in [0.15, 0.2) is 24.3 Å². The van der Waals surface area contributed by atoms with Gasteiger partial charge in [0.15, 0.2) is 0 Å². The molecule has 1 N–H and O–H groups in total. The maximum absolute atomic E-state index is 3.57. The molecule has 2 nitrogen and oxygen atoms in total. The van der Waals surface area contributed by atoms with E-state index in [2.05, 4.69) is 55.5 Å². The lowest BCUT2D eigenvalue weighted by Crippen LogP contribution is -2.17. The number of benzene rings is 1. The minimum atomic E-state index is 0.546. The maximum atomic E-state index is 3.57. The predicted molar refractivity (Wildman–Crippen MR) is 65.3 cm³/mol. The smallest absolute Gasteiger partial charge is 0.0364 e. The zero-order valence-corrected chi connectivity index (χ0v) is 9.83. The molecule has 1 aliphatic rings. The number of anilines is 1. The highest BCUT2D eigenvalue weighted by Gasteiger charge is 2.24. The summed E-state index contributed by atoms with van der Waals surface area (Å²) in [5.41, 5.74) is 2.71. The molecule has 0 radical (unpaired) electrons. The molecule has 15 heavy (non-hydrogen) atoms. The first kappa shape index (κ1) is 10.5. The van der Waals surface area contributed by atoms with Gasteiger partial charge in [0.1, 0.15) is 0 Å². The molecular weight excluding hydrogens is 184 g/mol. The Balaban J connectivity index is 2.24. The molecule has 1 saturated heterocycles. The normalized spacial score (nSPS) is 25.5. The van der Waals surface area contributed by atoms with Gasteiger partial charge in [-0.1, -0.05) is 19.1 Å². The van der Waals surface area contributed by atoms with Gasteiger partial charge in [0.25, 0.3) is 0 Å². The van der Waals surface area contributed by atoms with E-state index in [1.165, 1.54) is 17.7 Å². The number of rotatable bonds is 2. The van der Waals surface area contributed by atoms with Crippen LogP contribution in [-0.4, -0.2) is 20.6 Å². The number of hydrogen-bond donors (Lipinski definition) is 1. The first-order valence-corrected chi connectivity index (χ1v) is 5.69. The van der Waals surface area contributed by atoms with E-state index in [1.807, 2.05) is 0 Å². The molecule has 0 bridgehead atoms. The summed E-state index contributed by atoms with van der Waals surface area (Å²) in [5, 5.41) is 3.57. The minimum absolute atomic E-state index is 0.546. The van der Waals surface area contributed by atoms with Crippen molar-refractivity contribution in [3.63, 3.8) is 0 Å². The number of hydrogen-bond acceptors (Lipinski definition) is 2. The van der Waals surface area contributed by atoms with Crippen LogP contribution in [0, 0.1) is 5.92 Å². The van der Waals surface area contributed by atoms with Crippen LogP contribution in [0.25, 0.3) is 0 Å². The van der Waals surface area contributed by atoms with Crippen molar-refractivity contribution < 1.29 is 0 Å². The largest absolute Gasteiger partial charge is 0.378 e. The molecule has 0 saturated carbocycles. The Morgan fingerprint density at radius 3 is 2.73 bits per heavy atom. The highest BCUT2D eigenvalue weighted by Crippen LogP contribution is 2.30. The maximum Gasteiger partial charge on any atom is 0.0364 e. The second-order valence-electron chi connectivity index (χ2n) is 4.69. The molecular formula is C13H20N2. The van der Waals surface area contributed by atoms with Gasteiger partial charge in [-0.2, -0.15) is 0 Å². The van der Waals surface area contributed by atoms with E-state index >= 15 is 0 Å². The third-order valence-corrected chi connectivity index (χ3v) is 3.28. The van der Waals surface area contributed by atoms with E-state index in [4.69, 9.17) is 0 Å². The Morgan fingerprint density at radius 1 is 1.33 bits per heavy atom. The summed E-state index contributed by atoms with van der Waals surface area (Å²) in [6.45, 7) is 3.48. The summed E-state index contributed by atoms with van der Waals surface area (Å²) in [5.74, 6) is 0.752. The Kier molecular flexibility index (Phi) is 2.96. The van der Waals surface area contributed by atoms with Gasteiger partial charge in [-0.05, 0) is 36.6 Å². The fourth-order valence-electron chi connectivity index (χ4n) is 2.28. The van der Waals surface area contributed by atoms with Crippen LogP contribution in [0.1, 0.15) is 24.9 Å². The van der Waals surface area contributed by atoms with Crippen molar-refractivity contribution in [1.29, 1.82) is 0 Å². The van der Waals surface area contributed by atoms with Crippen LogP contribution in [0.5, 0.6) is 0 Å². The van der Waals surface area contributed by atoms with Crippen LogP contribution in [-0.2, 0) is 0 Å². The van der Waals surface area contributed by atoms with E-state index in [0.717, 1.165) is 12.5 Å². The Bertz CT molecular complexity index is 333. The first-order chi connectivity index (χ1) is 7.18. The lowest BCUT2D eigenvalue weighted by Gasteiger charge is -2.19. The molecule has 1 heterocycles. The molecule has 2 atom stereocenters. The molecule has 0 spiro atoms. The zero-order chi connectivity index (χ0) is 10.8. The second kappa shape index (κ2) is 4.23. The summed E-state index contributed by atoms with van der Waals surface area (Å²) in [7, 11) is 4.18. The van der Waals surface area contributed by atoms with E-state index in [-0.39, 0.29) is 0 Å². The third kappa shape index (κ3) is 2.15. The Labute approximate surface area is 92.3 Å². The van der Waals surface area contributed by atoms with Gasteiger partial charge in [0, 0.05) is 25.8 Å². The Hall–Kier alpha value is -1.02. The Morgan fingerprint density at radius 2 is 2.13 bits per heavy atom. The summed E-state index contributed by atoms with van der Waals surface area (Å²) in [6, 6.07) is 9.37. The molecule has 82 valence electrons. The van der Waals surface area contributed by atoms with Crippen LogP contribution in [0.2, 0.25) is 0 Å². The van der Waals surface area contributed by atoms with E-state index in [0.29, 0.717) is 6.04 Å². The molecule has 2 unspecified atom stereocenters. The quantitative estimate of drug-likeness (QED) is 0.796. The van der Waals surface area contributed by atoms with Crippen molar-refractivity contribution >= 4 is 5.69 Å². The van der Waals surface area contributed by atoms with Crippen molar-refractivity contribution in [2.45, 2.75) is 19.4 Å². The SMILES string of the molecule is CC1CCNC1c1cccc(N(C)C)c1. The molecule has 0 amide bonds. The van der Waals surface area contributed by atoms with Gasteiger partial charge in [0.05, 0.1) is 0 Å². The number of nitrogens with one attached hydrogen (secondary N) is 1. The molecule has 0 aromatic heterocycles. The molecule has 2 heteroatoms. The van der Waals surface area contributed by atoms with E-state index in [9.17, 15) is 0 Å². The topological polar surface area (TPSA) is 15.3 Å². The molecule has 0 aliphatic carbocycles. The van der Waals surface area contributed by atoms with Gasteiger partial charge in [-0.15, -0.1) is 0 Å². The standard InChI is InChI=1S/C13H20N2/c1-10-7-8-14-13(10)11-5-4-6-12(9-11)15(2)3/h4-6,9-10,13-14H,7-8H2,1-3H3. The molecule has 1 aliphatic heterocycles. The zero-order valence-electron chi connectivity index (χ0n) is 9.83. The fraction of sp³-hybridized carbons (Fsp3) is 0.538. The first-order valence-electron chi connectivity index (χ1n) is 5.69. The van der Waals surface area contributed by atoms with Crippen LogP contribution >= 0.6 is 0 Å². The van der Waals surface area contributed by atoms with Gasteiger partial charge in [0.2, 0.25) is 0 Å². The van der Waals surface area contributed by atoms with Crippen LogP contribution < -0.4 is 10.2 Å². The van der Waals surface area contributed by atoms with Crippen molar-refractivity contribution in [2.24, 2.45) is 5.92 Å². The van der Waals surface area contributed by atoms with Crippen molar-refractivity contribution in [1.82, 2.24) is 5.32 Å². The molecule has 1 fully saturated rings. The van der Waals surface area contributed by atoms with Crippen LogP contribution in [0.4, 0.5) is 5.69 Å². The molecule has 2 rings (SSSR count). The van der Waals surface area contributed by atoms with Gasteiger partial charge in [-0.3, -0.25) is 0 Å². The summed E-state index contributed by atoms with van der Waals surface area (Å²) in [4.78, 5) is 2.16. The average Bonchev–Trinajstić information content (AvgIpc) is 2.64. The predicted octanol–water partition coefficient (Wildman–Crippen LogP) is 2.42. The van der Waals surface area contributed by atoms with Crippen LogP contribution in [0.3, 0.4) is 0 Å². The fourth-order valence-corrected chi connectivity index (χ4v) is 2.28. The summed E-state index contributed by atoms with van der Waals surface area (Å²) < 4.78 is 0. The minimum Gasteiger partial charge on any atom is -0.378 e. The summed E-state index contributed by atoms with van der Waals surface area (Å²) in [6.07, 6.45) is 1.29. The van der Waals surface area contributed by atoms with Crippen molar-refractivity contribution in [2.75, 3.05) is 25.5 Å². The van der Waals surface area contributed by atoms with Gasteiger partial charge < -0.3 is 10.2 Å². The highest BCUT2D eigenvalue weighted by molar-refractivity contribution is 5.48. The molecule has 1 aromatic carbocycles. The van der Waals surface area contributed by atoms with Gasteiger partial charge >= 0.3 is 0 Å². The monoisotopic (exact) mass is 204 g/mol. The lowest BCUT2D eigenvalue weighted by atomic mass is 9.96. The average molecular weight is 204 g/mol. The number of nitrogens with zero attached hydrogens (tertiary/aromatic N) is 1. The van der Waals surface area contributed by atoms with Gasteiger partial charge in [-0.25, -0.2) is 0 Å². The lowest BCUT2D eigenvalue weighted by molar-refractivity contribution is 0.504. The van der Waals surface area contributed by atoms with Crippen molar-refractivity contribution in [3.05, 3.63) is 29.8 Å². The van der Waals surface area contributed by atoms with Crippen molar-refractivity contribution in [3.8, 4) is 0 Å². The molecule has 1 aromatic rings. The van der Waals surface area contributed by atoms with E-state index < -0.39 is 0 Å².